The molecule has 1 heterocycles. The number of nitrogens with one attached hydrogen (secondary N) is 2. The molecule has 200 valence electrons. The predicted molar refractivity (Wildman–Crippen MR) is 143 cm³/mol. The molecule has 2 aromatic carbocycles. The van der Waals surface area contributed by atoms with E-state index < -0.39 is 5.54 Å². The topological polar surface area (TPSA) is 86.1 Å². The van der Waals surface area contributed by atoms with Gasteiger partial charge in [-0.1, -0.05) is 60.7 Å². The van der Waals surface area contributed by atoms with Crippen LogP contribution in [-0.2, 0) is 27.4 Å². The lowest BCUT2D eigenvalue weighted by molar-refractivity contribution is -0.950. The van der Waals surface area contributed by atoms with E-state index in [0.717, 1.165) is 57.1 Å². The summed E-state index contributed by atoms with van der Waals surface area (Å²) in [6.07, 6.45) is 7.87. The number of aryl methyl sites for hydroxylation is 1. The molecule has 2 fully saturated rings. The molecule has 1 saturated carbocycles. The van der Waals surface area contributed by atoms with Gasteiger partial charge in [0.05, 0.1) is 5.92 Å². The van der Waals surface area contributed by atoms with E-state index in [0.29, 0.717) is 32.4 Å². The third-order valence-electron chi connectivity index (χ3n) is 7.92. The molecule has 2 N–H and O–H groups in total. The van der Waals surface area contributed by atoms with Crippen molar-refractivity contribution < 1.29 is 19.5 Å². The van der Waals surface area contributed by atoms with E-state index in [1.54, 1.807) is 0 Å². The third-order valence-corrected chi connectivity index (χ3v) is 7.92. The first-order valence-electron chi connectivity index (χ1n) is 13.9. The molecular weight excluding hydrogens is 466 g/mol. The Bertz CT molecular complexity index is 979. The van der Waals surface area contributed by atoms with Gasteiger partial charge < -0.3 is 14.8 Å². The molecule has 2 unspecified atom stereocenters. The van der Waals surface area contributed by atoms with Crippen molar-refractivity contribution in [2.24, 2.45) is 5.92 Å². The first kappa shape index (κ1) is 27.3. The summed E-state index contributed by atoms with van der Waals surface area (Å²) in [5, 5.41) is 13.5. The van der Waals surface area contributed by atoms with Gasteiger partial charge in [-0.3, -0.25) is 14.8 Å². The van der Waals surface area contributed by atoms with E-state index in [1.807, 2.05) is 53.4 Å². The van der Waals surface area contributed by atoms with Gasteiger partial charge in [-0.25, -0.2) is 0 Å². The highest BCUT2D eigenvalue weighted by Crippen LogP contribution is 2.34. The number of hydroxylamine groups is 1. The number of hydrogen-bond acceptors (Lipinski definition) is 5. The zero-order chi connectivity index (χ0) is 25.9. The van der Waals surface area contributed by atoms with Gasteiger partial charge in [-0.05, 0) is 49.7 Å². The molecule has 7 nitrogen and oxygen atoms in total. The van der Waals surface area contributed by atoms with Crippen molar-refractivity contribution in [1.82, 2.24) is 10.3 Å². The second-order valence-corrected chi connectivity index (χ2v) is 10.6. The number of carbonyl (C=O) groups is 2. The summed E-state index contributed by atoms with van der Waals surface area (Å²) < 4.78 is 5.77. The molecule has 37 heavy (non-hydrogen) atoms. The highest BCUT2D eigenvalue weighted by molar-refractivity contribution is 5.78. The minimum Gasteiger partial charge on any atom is -0.613 e. The molecule has 0 radical (unpaired) electrons. The van der Waals surface area contributed by atoms with Crippen LogP contribution in [0.25, 0.3) is 0 Å². The van der Waals surface area contributed by atoms with Gasteiger partial charge in [-0.15, -0.1) is 0 Å². The quantitative estimate of drug-likeness (QED) is 0.232. The van der Waals surface area contributed by atoms with Crippen molar-refractivity contribution in [3.8, 4) is 0 Å². The Labute approximate surface area is 220 Å². The standard InChI is InChI=1S/C30H41N3O4/c34-28-15-9-21-32(28)22-10-20-31-33(36)30(18-7-8-19-30)23-27(17-16-25-11-3-1-4-12-25)29(35)37-24-26-13-5-2-6-14-26/h1-6,11-14,27,31,33H,7-10,15-24H2. The number of likely N-dealkylation sites (tertiary alicyclic amines) is 1. The number of carbonyl (C=O) groups excluding carboxylic acids is 2. The monoisotopic (exact) mass is 507 g/mol. The van der Waals surface area contributed by atoms with E-state index in [4.69, 9.17) is 4.74 Å². The highest BCUT2D eigenvalue weighted by atomic mass is 16.5. The Morgan fingerprint density at radius 2 is 1.70 bits per heavy atom. The number of hydrogen-bond donors (Lipinski definition) is 2. The van der Waals surface area contributed by atoms with Crippen molar-refractivity contribution in [2.45, 2.75) is 76.4 Å². The van der Waals surface area contributed by atoms with Crippen LogP contribution in [0.4, 0.5) is 0 Å². The van der Waals surface area contributed by atoms with Gasteiger partial charge >= 0.3 is 5.97 Å². The highest BCUT2D eigenvalue weighted by Gasteiger charge is 2.44. The lowest BCUT2D eigenvalue weighted by Crippen LogP contribution is -3.22. The van der Waals surface area contributed by atoms with Crippen LogP contribution in [0.5, 0.6) is 0 Å². The van der Waals surface area contributed by atoms with Crippen LogP contribution in [0.15, 0.2) is 60.7 Å². The van der Waals surface area contributed by atoms with Crippen LogP contribution in [-0.4, -0.2) is 41.9 Å². The second-order valence-electron chi connectivity index (χ2n) is 10.6. The fraction of sp³-hybridized carbons (Fsp3) is 0.533. The Hall–Kier alpha value is -2.74. The number of quaternary nitrogens is 1. The maximum atomic E-state index is 13.5. The zero-order valence-corrected chi connectivity index (χ0v) is 21.8. The molecule has 7 heteroatoms. The SMILES string of the molecule is O=C(OCc1ccccc1)C(CCc1ccccc1)CC1([NH+]([O-])NCCCN2CCCC2=O)CCCC1. The Kier molecular flexibility index (Phi) is 10.1. The fourth-order valence-electron chi connectivity index (χ4n) is 5.78. The number of nitrogens with zero attached hydrogens (tertiary/aromatic N) is 1. The normalized spacial score (nSPS) is 18.6. The molecule has 0 spiro atoms. The minimum atomic E-state index is -0.531. The van der Waals surface area contributed by atoms with Crippen LogP contribution in [0.2, 0.25) is 0 Å². The van der Waals surface area contributed by atoms with Gasteiger partial charge in [-0.2, -0.15) is 5.43 Å². The van der Waals surface area contributed by atoms with Crippen molar-refractivity contribution in [3.63, 3.8) is 0 Å². The summed E-state index contributed by atoms with van der Waals surface area (Å²) in [4.78, 5) is 27.1. The smallest absolute Gasteiger partial charge is 0.309 e. The van der Waals surface area contributed by atoms with Crippen LogP contribution in [0, 0.1) is 11.1 Å². The van der Waals surface area contributed by atoms with Crippen molar-refractivity contribution >= 4 is 11.9 Å². The van der Waals surface area contributed by atoms with E-state index in [2.05, 4.69) is 17.6 Å². The Balaban J connectivity index is 1.37. The van der Waals surface area contributed by atoms with E-state index in [-0.39, 0.29) is 29.6 Å². The molecule has 2 atom stereocenters. The van der Waals surface area contributed by atoms with Crippen LogP contribution >= 0.6 is 0 Å². The number of rotatable bonds is 14. The lowest BCUT2D eigenvalue weighted by Gasteiger charge is -2.42. The molecule has 0 bridgehead atoms. The van der Waals surface area contributed by atoms with Gasteiger partial charge in [0.2, 0.25) is 5.91 Å². The van der Waals surface area contributed by atoms with Crippen molar-refractivity contribution in [2.75, 3.05) is 19.6 Å². The van der Waals surface area contributed by atoms with Gasteiger partial charge in [0.1, 0.15) is 12.1 Å². The summed E-state index contributed by atoms with van der Waals surface area (Å²) >= 11 is 0. The average molecular weight is 508 g/mol. The predicted octanol–water partition coefficient (Wildman–Crippen LogP) is 3.58. The van der Waals surface area contributed by atoms with Gasteiger partial charge in [0.15, 0.2) is 0 Å². The molecule has 1 aliphatic heterocycles. The molecule has 2 aromatic rings. The maximum Gasteiger partial charge on any atom is 0.309 e. The molecule has 2 aliphatic rings. The van der Waals surface area contributed by atoms with Crippen LogP contribution in [0.3, 0.4) is 0 Å². The first-order chi connectivity index (χ1) is 18.1. The van der Waals surface area contributed by atoms with E-state index >= 15 is 0 Å². The summed E-state index contributed by atoms with van der Waals surface area (Å²) in [6.45, 7) is 2.32. The van der Waals surface area contributed by atoms with Crippen LogP contribution in [0.1, 0.15) is 68.9 Å². The molecule has 1 amide bonds. The molecule has 4 rings (SSSR count). The molecule has 0 aromatic heterocycles. The largest absolute Gasteiger partial charge is 0.613 e. The fourth-order valence-corrected chi connectivity index (χ4v) is 5.78. The average Bonchev–Trinajstić information content (AvgIpc) is 3.58. The van der Waals surface area contributed by atoms with Gasteiger partial charge in [0.25, 0.3) is 0 Å². The zero-order valence-electron chi connectivity index (χ0n) is 21.8. The van der Waals surface area contributed by atoms with E-state index in [1.165, 1.54) is 5.56 Å². The molecular formula is C30H41N3O4. The lowest BCUT2D eigenvalue weighted by atomic mass is 9.83. The van der Waals surface area contributed by atoms with E-state index in [9.17, 15) is 14.8 Å². The number of benzene rings is 2. The van der Waals surface area contributed by atoms with Gasteiger partial charge in [0, 0.05) is 45.3 Å². The summed E-state index contributed by atoms with van der Waals surface area (Å²) in [6, 6.07) is 19.9. The maximum absolute atomic E-state index is 13.5. The van der Waals surface area contributed by atoms with Crippen LogP contribution < -0.4 is 10.6 Å². The number of esters is 1. The van der Waals surface area contributed by atoms with Crippen molar-refractivity contribution in [1.29, 1.82) is 0 Å². The molecule has 1 aliphatic carbocycles. The number of ether oxygens (including phenoxy) is 1. The number of amides is 1. The first-order valence-corrected chi connectivity index (χ1v) is 13.9. The Morgan fingerprint density at radius 1 is 1.03 bits per heavy atom. The van der Waals surface area contributed by atoms with Crippen molar-refractivity contribution in [3.05, 3.63) is 77.0 Å². The Morgan fingerprint density at radius 3 is 2.35 bits per heavy atom. The summed E-state index contributed by atoms with van der Waals surface area (Å²) in [5.74, 6) is -0.338. The second kappa shape index (κ2) is 13.7. The third kappa shape index (κ3) is 7.87. The summed E-state index contributed by atoms with van der Waals surface area (Å²) in [7, 11) is 0. The minimum absolute atomic E-state index is 0.0540. The molecule has 1 saturated heterocycles. The summed E-state index contributed by atoms with van der Waals surface area (Å²) in [5.41, 5.74) is 4.77.